The number of hydrogen-bond acceptors (Lipinski definition) is 2. The van der Waals surface area contributed by atoms with Crippen LogP contribution in [-0.2, 0) is 4.79 Å². The Hall–Kier alpha value is -1.35. The largest absolute Gasteiger partial charge is 0.389 e. The normalized spacial score (nSPS) is 18.1. The van der Waals surface area contributed by atoms with Gasteiger partial charge in [0.15, 0.2) is 0 Å². The summed E-state index contributed by atoms with van der Waals surface area (Å²) in [6.45, 7) is 5.73. The average molecular weight is 303 g/mol. The topological polar surface area (TPSA) is 40.5 Å². The van der Waals surface area contributed by atoms with E-state index in [1.807, 2.05) is 35.2 Å². The lowest BCUT2D eigenvalue weighted by molar-refractivity contribution is -0.139. The van der Waals surface area contributed by atoms with Crippen LogP contribution in [-0.4, -0.2) is 34.6 Å². The van der Waals surface area contributed by atoms with E-state index in [0.717, 1.165) is 57.2 Å². The van der Waals surface area contributed by atoms with Gasteiger partial charge < -0.3 is 10.0 Å². The van der Waals surface area contributed by atoms with Crippen molar-refractivity contribution in [1.82, 2.24) is 4.90 Å². The van der Waals surface area contributed by atoms with E-state index in [0.29, 0.717) is 0 Å². The molecule has 3 heteroatoms. The molecule has 1 saturated carbocycles. The number of hydrogen-bond donors (Lipinski definition) is 1. The second-order valence-electron chi connectivity index (χ2n) is 6.48. The molecule has 1 fully saturated rings. The van der Waals surface area contributed by atoms with Crippen molar-refractivity contribution in [2.24, 2.45) is 0 Å². The summed E-state index contributed by atoms with van der Waals surface area (Å²) >= 11 is 0. The quantitative estimate of drug-likeness (QED) is 0.834. The Bertz CT molecular complexity index is 460. The van der Waals surface area contributed by atoms with Crippen LogP contribution in [0.2, 0.25) is 0 Å². The molecular formula is C19H29NO2. The Labute approximate surface area is 134 Å². The minimum atomic E-state index is -0.877. The average Bonchev–Trinajstić information content (AvgIpc) is 2.95. The summed E-state index contributed by atoms with van der Waals surface area (Å²) in [6, 6.07) is 9.83. The first-order valence-corrected chi connectivity index (χ1v) is 8.68. The van der Waals surface area contributed by atoms with Crippen molar-refractivity contribution < 1.29 is 9.90 Å². The second-order valence-corrected chi connectivity index (χ2v) is 6.48. The van der Waals surface area contributed by atoms with E-state index in [9.17, 15) is 9.90 Å². The molecule has 0 aliphatic heterocycles. The summed E-state index contributed by atoms with van der Waals surface area (Å²) in [5.41, 5.74) is 0.0761. The smallest absolute Gasteiger partial charge is 0.233 e. The van der Waals surface area contributed by atoms with Crippen LogP contribution in [0.25, 0.3) is 0 Å². The monoisotopic (exact) mass is 303 g/mol. The molecule has 2 rings (SSSR count). The lowest BCUT2D eigenvalue weighted by atomic mass is 9.79. The number of nitrogens with zero attached hydrogens (tertiary/aromatic N) is 1. The summed E-state index contributed by atoms with van der Waals surface area (Å²) in [4.78, 5) is 15.1. The first kappa shape index (κ1) is 17.0. The Balaban J connectivity index is 2.33. The summed E-state index contributed by atoms with van der Waals surface area (Å²) in [5, 5.41) is 11.1. The molecule has 1 aliphatic rings. The molecule has 0 bridgehead atoms. The summed E-state index contributed by atoms with van der Waals surface area (Å²) in [6.07, 6.45) is 5.37. The number of aliphatic hydroxyl groups is 1. The number of rotatable bonds is 7. The van der Waals surface area contributed by atoms with E-state index < -0.39 is 11.5 Å². The molecule has 22 heavy (non-hydrogen) atoms. The van der Waals surface area contributed by atoms with Crippen LogP contribution in [0.3, 0.4) is 0 Å². The number of benzene rings is 1. The Morgan fingerprint density at radius 3 is 2.18 bits per heavy atom. The van der Waals surface area contributed by atoms with Crippen LogP contribution in [0.1, 0.15) is 63.9 Å². The Kier molecular flexibility index (Phi) is 6.01. The highest BCUT2D eigenvalue weighted by atomic mass is 16.3. The van der Waals surface area contributed by atoms with Crippen molar-refractivity contribution in [3.63, 3.8) is 0 Å². The number of carbonyl (C=O) groups excluding carboxylic acids is 1. The van der Waals surface area contributed by atoms with Gasteiger partial charge in [-0.15, -0.1) is 0 Å². The molecule has 122 valence electrons. The first-order valence-electron chi connectivity index (χ1n) is 8.68. The van der Waals surface area contributed by atoms with E-state index in [-0.39, 0.29) is 5.91 Å². The molecule has 0 heterocycles. The summed E-state index contributed by atoms with van der Waals surface area (Å²) in [5.74, 6) is -0.325. The molecule has 0 unspecified atom stereocenters. The molecule has 1 atom stereocenters. The SMILES string of the molecule is CCCN(CCC)C(=O)[C@@H](c1ccccc1)C1(O)CCCC1. The van der Waals surface area contributed by atoms with Crippen LogP contribution in [0.15, 0.2) is 30.3 Å². The fourth-order valence-corrected chi connectivity index (χ4v) is 3.66. The zero-order valence-corrected chi connectivity index (χ0v) is 13.9. The lowest BCUT2D eigenvalue weighted by Crippen LogP contribution is -2.46. The molecule has 1 amide bonds. The lowest BCUT2D eigenvalue weighted by Gasteiger charge is -2.36. The maximum absolute atomic E-state index is 13.2. The van der Waals surface area contributed by atoms with Crippen molar-refractivity contribution in [3.05, 3.63) is 35.9 Å². The van der Waals surface area contributed by atoms with Gasteiger partial charge in [0.1, 0.15) is 0 Å². The minimum Gasteiger partial charge on any atom is -0.389 e. The fraction of sp³-hybridized carbons (Fsp3) is 0.632. The number of carbonyl (C=O) groups is 1. The van der Waals surface area contributed by atoms with Crippen LogP contribution in [0, 0.1) is 0 Å². The van der Waals surface area contributed by atoms with Crippen molar-refractivity contribution >= 4 is 5.91 Å². The second kappa shape index (κ2) is 7.77. The van der Waals surface area contributed by atoms with Crippen LogP contribution in [0.5, 0.6) is 0 Å². The predicted octanol–water partition coefficient (Wildman–Crippen LogP) is 3.72. The molecule has 1 aromatic carbocycles. The highest BCUT2D eigenvalue weighted by Gasteiger charge is 2.45. The van der Waals surface area contributed by atoms with Gasteiger partial charge in [0.2, 0.25) is 5.91 Å². The molecule has 0 spiro atoms. The van der Waals surface area contributed by atoms with Crippen molar-refractivity contribution in [1.29, 1.82) is 0 Å². The highest BCUT2D eigenvalue weighted by molar-refractivity contribution is 5.85. The number of amides is 1. The third kappa shape index (κ3) is 3.70. The first-order chi connectivity index (χ1) is 10.6. The van der Waals surface area contributed by atoms with Gasteiger partial charge in [-0.3, -0.25) is 4.79 Å². The summed E-state index contributed by atoms with van der Waals surface area (Å²) < 4.78 is 0. The molecule has 0 radical (unpaired) electrons. The molecule has 1 N–H and O–H groups in total. The van der Waals surface area contributed by atoms with Gasteiger partial charge in [-0.05, 0) is 31.2 Å². The van der Waals surface area contributed by atoms with Crippen molar-refractivity contribution in [3.8, 4) is 0 Å². The molecule has 0 aromatic heterocycles. The molecule has 1 aromatic rings. The highest BCUT2D eigenvalue weighted by Crippen LogP contribution is 2.42. The van der Waals surface area contributed by atoms with Crippen molar-refractivity contribution in [2.45, 2.75) is 63.9 Å². The van der Waals surface area contributed by atoms with Gasteiger partial charge in [0.05, 0.1) is 11.5 Å². The minimum absolute atomic E-state index is 0.0966. The molecule has 1 aliphatic carbocycles. The van der Waals surface area contributed by atoms with Gasteiger partial charge in [0.25, 0.3) is 0 Å². The zero-order valence-electron chi connectivity index (χ0n) is 13.9. The standard InChI is InChI=1S/C19H29NO2/c1-3-14-20(15-4-2)18(21)17(16-10-6-5-7-11-16)19(22)12-8-9-13-19/h5-7,10-11,17,22H,3-4,8-9,12-15H2,1-2H3/t17-/m1/s1. The third-order valence-electron chi connectivity index (χ3n) is 4.69. The van der Waals surface area contributed by atoms with Crippen LogP contribution >= 0.6 is 0 Å². The molecular weight excluding hydrogens is 274 g/mol. The predicted molar refractivity (Wildman–Crippen MR) is 89.8 cm³/mol. The maximum atomic E-state index is 13.2. The van der Waals surface area contributed by atoms with Gasteiger partial charge in [-0.1, -0.05) is 57.0 Å². The van der Waals surface area contributed by atoms with E-state index in [1.165, 1.54) is 0 Å². The van der Waals surface area contributed by atoms with Crippen LogP contribution in [0.4, 0.5) is 0 Å². The van der Waals surface area contributed by atoms with E-state index in [1.54, 1.807) is 0 Å². The zero-order chi connectivity index (χ0) is 16.0. The van der Waals surface area contributed by atoms with Gasteiger partial charge in [-0.25, -0.2) is 0 Å². The summed E-state index contributed by atoms with van der Waals surface area (Å²) in [7, 11) is 0. The third-order valence-corrected chi connectivity index (χ3v) is 4.69. The van der Waals surface area contributed by atoms with E-state index in [4.69, 9.17) is 0 Å². The van der Waals surface area contributed by atoms with E-state index in [2.05, 4.69) is 13.8 Å². The molecule has 3 nitrogen and oxygen atoms in total. The van der Waals surface area contributed by atoms with Gasteiger partial charge in [0, 0.05) is 13.1 Å². The van der Waals surface area contributed by atoms with Gasteiger partial charge >= 0.3 is 0 Å². The Morgan fingerprint density at radius 1 is 1.14 bits per heavy atom. The van der Waals surface area contributed by atoms with Crippen molar-refractivity contribution in [2.75, 3.05) is 13.1 Å². The van der Waals surface area contributed by atoms with Gasteiger partial charge in [-0.2, -0.15) is 0 Å². The maximum Gasteiger partial charge on any atom is 0.233 e. The van der Waals surface area contributed by atoms with Crippen LogP contribution < -0.4 is 0 Å². The Morgan fingerprint density at radius 2 is 1.68 bits per heavy atom. The van der Waals surface area contributed by atoms with E-state index >= 15 is 0 Å². The molecule has 0 saturated heterocycles. The fourth-order valence-electron chi connectivity index (χ4n) is 3.66.